The molecule has 3 N–H and O–H groups in total. The molecule has 0 aromatic heterocycles. The molecule has 1 saturated heterocycles. The van der Waals surface area contributed by atoms with E-state index in [0.29, 0.717) is 6.54 Å². The average molecular weight is 440 g/mol. The lowest BCUT2D eigenvalue weighted by atomic mass is 9.96. The molecule has 1 heterocycles. The van der Waals surface area contributed by atoms with Gasteiger partial charge >= 0.3 is 6.03 Å². The number of aliphatic imine (C=N–C) groups is 1. The first kappa shape index (κ1) is 21.5. The summed E-state index contributed by atoms with van der Waals surface area (Å²) in [5, 5.41) is 10.6. The van der Waals surface area contributed by atoms with E-state index in [4.69, 9.17) is 11.6 Å². The summed E-state index contributed by atoms with van der Waals surface area (Å²) in [6.07, 6.45) is 4.47. The first-order valence-corrected chi connectivity index (χ1v) is 11.3. The molecule has 1 aliphatic carbocycles. The van der Waals surface area contributed by atoms with Crippen molar-refractivity contribution in [1.29, 1.82) is 0 Å². The predicted molar refractivity (Wildman–Crippen MR) is 127 cm³/mol. The molecule has 0 radical (unpaired) electrons. The van der Waals surface area contributed by atoms with Gasteiger partial charge in [0.1, 0.15) is 0 Å². The first-order chi connectivity index (χ1) is 15.1. The van der Waals surface area contributed by atoms with Crippen molar-refractivity contribution in [2.75, 3.05) is 32.0 Å². The number of benzene rings is 2. The molecule has 0 unspecified atom stereocenters. The van der Waals surface area contributed by atoms with Gasteiger partial charge in [0.05, 0.1) is 0 Å². The fraction of sp³-hybridized carbons (Fsp3) is 0.417. The number of hydrogen-bond acceptors (Lipinski definition) is 2. The van der Waals surface area contributed by atoms with E-state index in [1.54, 1.807) is 7.05 Å². The number of anilines is 1. The number of halogens is 1. The maximum atomic E-state index is 12.3. The lowest BCUT2D eigenvalue weighted by Gasteiger charge is -2.19. The van der Waals surface area contributed by atoms with Crippen LogP contribution in [0.25, 0.3) is 0 Å². The van der Waals surface area contributed by atoms with Crippen LogP contribution < -0.4 is 16.0 Å². The molecular weight excluding hydrogens is 410 g/mol. The molecule has 0 bridgehead atoms. The van der Waals surface area contributed by atoms with Gasteiger partial charge in [-0.1, -0.05) is 35.9 Å². The van der Waals surface area contributed by atoms with Crippen LogP contribution in [0.2, 0.25) is 5.02 Å². The summed E-state index contributed by atoms with van der Waals surface area (Å²) in [5.74, 6) is 0.764. The number of carbonyl (C=O) groups excluding carboxylic acids is 1. The number of rotatable bonds is 6. The summed E-state index contributed by atoms with van der Waals surface area (Å²) in [6.45, 7) is 3.12. The number of likely N-dealkylation sites (tertiary alicyclic amines) is 1. The van der Waals surface area contributed by atoms with E-state index in [-0.39, 0.29) is 11.4 Å². The zero-order valence-corrected chi connectivity index (χ0v) is 18.7. The molecule has 0 spiro atoms. The first-order valence-electron chi connectivity index (χ1n) is 10.9. The number of amides is 2. The highest BCUT2D eigenvalue weighted by Crippen LogP contribution is 2.48. The molecule has 2 amide bonds. The highest BCUT2D eigenvalue weighted by Gasteiger charge is 2.44. The summed E-state index contributed by atoms with van der Waals surface area (Å²) in [7, 11) is 1.78. The molecule has 6 nitrogen and oxygen atoms in total. The molecule has 1 aliphatic heterocycles. The van der Waals surface area contributed by atoms with Gasteiger partial charge < -0.3 is 20.9 Å². The van der Waals surface area contributed by atoms with Gasteiger partial charge in [0.2, 0.25) is 0 Å². The van der Waals surface area contributed by atoms with Crippen LogP contribution in [0.15, 0.2) is 53.5 Å². The molecule has 2 aliphatic rings. The summed E-state index contributed by atoms with van der Waals surface area (Å²) in [6, 6.07) is 16.1. The Balaban J connectivity index is 1.29. The normalized spacial score (nSPS) is 17.4. The molecule has 4 rings (SSSR count). The number of nitrogens with zero attached hydrogens (tertiary/aromatic N) is 2. The van der Waals surface area contributed by atoms with Gasteiger partial charge in [-0.2, -0.15) is 0 Å². The molecule has 164 valence electrons. The number of hydrogen-bond donors (Lipinski definition) is 3. The van der Waals surface area contributed by atoms with Crippen molar-refractivity contribution in [2.24, 2.45) is 4.99 Å². The van der Waals surface area contributed by atoms with Gasteiger partial charge in [-0.05, 0) is 61.1 Å². The topological polar surface area (TPSA) is 68.8 Å². The summed E-state index contributed by atoms with van der Waals surface area (Å²) in [5.41, 5.74) is 3.32. The second-order valence-electron chi connectivity index (χ2n) is 8.39. The number of nitrogens with one attached hydrogen (secondary N) is 3. The molecule has 2 fully saturated rings. The van der Waals surface area contributed by atoms with E-state index < -0.39 is 0 Å². The van der Waals surface area contributed by atoms with Gasteiger partial charge in [0.15, 0.2) is 5.96 Å². The van der Waals surface area contributed by atoms with Gasteiger partial charge in [-0.25, -0.2) is 4.79 Å². The van der Waals surface area contributed by atoms with Crippen molar-refractivity contribution < 1.29 is 4.79 Å². The molecule has 0 atom stereocenters. The Morgan fingerprint density at radius 1 is 1.10 bits per heavy atom. The van der Waals surface area contributed by atoms with Crippen molar-refractivity contribution in [3.05, 3.63) is 64.7 Å². The zero-order chi connectivity index (χ0) is 21.7. The third-order valence-electron chi connectivity index (χ3n) is 6.14. The Morgan fingerprint density at radius 2 is 1.87 bits per heavy atom. The second kappa shape index (κ2) is 9.60. The highest BCUT2D eigenvalue weighted by atomic mass is 35.5. The van der Waals surface area contributed by atoms with E-state index in [0.717, 1.165) is 67.6 Å². The highest BCUT2D eigenvalue weighted by molar-refractivity contribution is 6.30. The molecule has 1 saturated carbocycles. The SMILES string of the molecule is CN=C(NCc1cccc(NC(=O)N2CCCC2)c1)NCC1(c2cccc(Cl)c2)CC1. The van der Waals surface area contributed by atoms with Crippen LogP contribution in [0.4, 0.5) is 10.5 Å². The van der Waals surface area contributed by atoms with Crippen LogP contribution in [0.1, 0.15) is 36.8 Å². The van der Waals surface area contributed by atoms with E-state index >= 15 is 0 Å². The van der Waals surface area contributed by atoms with Crippen LogP contribution in [-0.4, -0.2) is 43.6 Å². The maximum Gasteiger partial charge on any atom is 0.321 e. The van der Waals surface area contributed by atoms with Crippen LogP contribution in [0, 0.1) is 0 Å². The van der Waals surface area contributed by atoms with E-state index in [1.165, 1.54) is 5.56 Å². The van der Waals surface area contributed by atoms with Crippen molar-refractivity contribution in [1.82, 2.24) is 15.5 Å². The minimum Gasteiger partial charge on any atom is -0.356 e. The van der Waals surface area contributed by atoms with Crippen LogP contribution in [-0.2, 0) is 12.0 Å². The van der Waals surface area contributed by atoms with Crippen molar-refractivity contribution in [3.63, 3.8) is 0 Å². The van der Waals surface area contributed by atoms with E-state index in [2.05, 4.69) is 33.1 Å². The number of guanidine groups is 1. The predicted octanol–water partition coefficient (Wildman–Crippen LogP) is 4.36. The maximum absolute atomic E-state index is 12.3. The summed E-state index contributed by atoms with van der Waals surface area (Å²) < 4.78 is 0. The fourth-order valence-corrected chi connectivity index (χ4v) is 4.27. The van der Waals surface area contributed by atoms with Gasteiger partial charge in [-0.15, -0.1) is 0 Å². The van der Waals surface area contributed by atoms with Crippen LogP contribution in [0.3, 0.4) is 0 Å². The molecule has 2 aromatic carbocycles. The number of carbonyl (C=O) groups is 1. The second-order valence-corrected chi connectivity index (χ2v) is 8.83. The Hall–Kier alpha value is -2.73. The van der Waals surface area contributed by atoms with Crippen LogP contribution in [0.5, 0.6) is 0 Å². The lowest BCUT2D eigenvalue weighted by Crippen LogP contribution is -2.40. The van der Waals surface area contributed by atoms with Crippen molar-refractivity contribution in [3.8, 4) is 0 Å². The monoisotopic (exact) mass is 439 g/mol. The average Bonchev–Trinajstić information content (AvgIpc) is 3.36. The van der Waals surface area contributed by atoms with Gasteiger partial charge in [-0.3, -0.25) is 4.99 Å². The Bertz CT molecular complexity index is 950. The minimum atomic E-state index is -0.0177. The smallest absolute Gasteiger partial charge is 0.321 e. The third kappa shape index (κ3) is 5.50. The molecule has 31 heavy (non-hydrogen) atoms. The van der Waals surface area contributed by atoms with E-state index in [1.807, 2.05) is 41.3 Å². The molecule has 2 aromatic rings. The Labute approximate surface area is 189 Å². The zero-order valence-electron chi connectivity index (χ0n) is 18.0. The Morgan fingerprint density at radius 3 is 2.58 bits per heavy atom. The van der Waals surface area contributed by atoms with Gasteiger partial charge in [0, 0.05) is 49.4 Å². The largest absolute Gasteiger partial charge is 0.356 e. The van der Waals surface area contributed by atoms with Gasteiger partial charge in [0.25, 0.3) is 0 Å². The van der Waals surface area contributed by atoms with Crippen molar-refractivity contribution in [2.45, 2.75) is 37.6 Å². The fourth-order valence-electron chi connectivity index (χ4n) is 4.08. The van der Waals surface area contributed by atoms with Crippen LogP contribution >= 0.6 is 11.6 Å². The summed E-state index contributed by atoms with van der Waals surface area (Å²) >= 11 is 6.18. The van der Waals surface area contributed by atoms with E-state index in [9.17, 15) is 4.79 Å². The summed E-state index contributed by atoms with van der Waals surface area (Å²) in [4.78, 5) is 18.5. The standard InChI is InChI=1S/C24H30ClN5O/c1-26-22(28-17-24(10-11-24)19-7-5-8-20(25)15-19)27-16-18-6-4-9-21(14-18)29-23(31)30-12-2-3-13-30/h4-9,14-15H,2-3,10-13,16-17H2,1H3,(H,29,31)(H2,26,27,28). The number of urea groups is 1. The molecular formula is C24H30ClN5O. The Kier molecular flexibility index (Phi) is 6.66. The molecule has 7 heteroatoms. The lowest BCUT2D eigenvalue weighted by molar-refractivity contribution is 0.222. The quantitative estimate of drug-likeness (QED) is 0.462. The minimum absolute atomic E-state index is 0.0177. The van der Waals surface area contributed by atoms with Crippen molar-refractivity contribution >= 4 is 29.3 Å². The third-order valence-corrected chi connectivity index (χ3v) is 6.37.